The summed E-state index contributed by atoms with van der Waals surface area (Å²) in [5.41, 5.74) is 0.747. The van der Waals surface area contributed by atoms with Crippen molar-refractivity contribution in [1.29, 1.82) is 0 Å². The fourth-order valence-electron chi connectivity index (χ4n) is 1.27. The highest BCUT2D eigenvalue weighted by Crippen LogP contribution is 2.18. The standard InChI is InChI=1S/C11H12BrNO2/c1-2-7-13(11(15)8-14)10-5-3-9(12)4-6-10/h3-6,8H,2,7H2,1H3. The monoisotopic (exact) mass is 269 g/mol. The first kappa shape index (κ1) is 11.9. The molecule has 0 aliphatic rings. The number of hydrogen-bond acceptors (Lipinski definition) is 2. The molecule has 1 rings (SSSR count). The predicted molar refractivity (Wildman–Crippen MR) is 62.9 cm³/mol. The molecule has 0 saturated carbocycles. The average molecular weight is 270 g/mol. The van der Waals surface area contributed by atoms with E-state index < -0.39 is 5.91 Å². The topological polar surface area (TPSA) is 37.4 Å². The number of hydrogen-bond donors (Lipinski definition) is 0. The van der Waals surface area contributed by atoms with Gasteiger partial charge in [0.05, 0.1) is 0 Å². The Bertz CT molecular complexity index is 348. The molecule has 0 aromatic heterocycles. The molecule has 3 nitrogen and oxygen atoms in total. The first-order valence-corrected chi connectivity index (χ1v) is 5.50. The van der Waals surface area contributed by atoms with Crippen LogP contribution >= 0.6 is 15.9 Å². The third-order valence-electron chi connectivity index (χ3n) is 1.95. The number of carbonyl (C=O) groups is 2. The average Bonchev–Trinajstić information content (AvgIpc) is 2.26. The first-order valence-electron chi connectivity index (χ1n) is 4.71. The predicted octanol–water partition coefficient (Wildman–Crippen LogP) is 2.39. The molecule has 4 heteroatoms. The molecule has 0 aliphatic carbocycles. The Morgan fingerprint density at radius 1 is 1.40 bits per heavy atom. The van der Waals surface area contributed by atoms with Crippen molar-refractivity contribution in [2.75, 3.05) is 11.4 Å². The molecule has 1 amide bonds. The van der Waals surface area contributed by atoms with Crippen molar-refractivity contribution >= 4 is 33.8 Å². The fourth-order valence-corrected chi connectivity index (χ4v) is 1.54. The molecule has 0 saturated heterocycles. The maximum Gasteiger partial charge on any atom is 0.291 e. The van der Waals surface area contributed by atoms with Gasteiger partial charge in [-0.1, -0.05) is 22.9 Å². The lowest BCUT2D eigenvalue weighted by Gasteiger charge is -2.19. The van der Waals surface area contributed by atoms with Gasteiger partial charge >= 0.3 is 0 Å². The van der Waals surface area contributed by atoms with Crippen LogP contribution in [0.25, 0.3) is 0 Å². The molecule has 0 fully saturated rings. The summed E-state index contributed by atoms with van der Waals surface area (Å²) >= 11 is 3.31. The molecule has 0 unspecified atom stereocenters. The third kappa shape index (κ3) is 3.16. The molecule has 0 heterocycles. The number of carbonyl (C=O) groups excluding carboxylic acids is 2. The Morgan fingerprint density at radius 3 is 2.47 bits per heavy atom. The van der Waals surface area contributed by atoms with Gasteiger partial charge in [-0.25, -0.2) is 0 Å². The van der Waals surface area contributed by atoms with Crippen molar-refractivity contribution in [1.82, 2.24) is 0 Å². The van der Waals surface area contributed by atoms with Gasteiger partial charge in [0.2, 0.25) is 6.29 Å². The van der Waals surface area contributed by atoms with Gasteiger partial charge in [0, 0.05) is 16.7 Å². The molecule has 0 bridgehead atoms. The molecule has 80 valence electrons. The molecule has 0 radical (unpaired) electrons. The summed E-state index contributed by atoms with van der Waals surface area (Å²) in [5.74, 6) is -0.501. The van der Waals surface area contributed by atoms with E-state index in [1.807, 2.05) is 19.1 Å². The lowest BCUT2D eigenvalue weighted by molar-refractivity contribution is -0.129. The highest BCUT2D eigenvalue weighted by atomic mass is 79.9. The van der Waals surface area contributed by atoms with Crippen LogP contribution in [0.1, 0.15) is 13.3 Å². The Labute approximate surface area is 97.2 Å². The Kier molecular flexibility index (Phi) is 4.49. The second-order valence-corrected chi connectivity index (χ2v) is 4.00. The van der Waals surface area contributed by atoms with E-state index in [1.165, 1.54) is 4.90 Å². The van der Waals surface area contributed by atoms with Crippen LogP contribution in [0.5, 0.6) is 0 Å². The Balaban J connectivity index is 2.93. The summed E-state index contributed by atoms with van der Waals surface area (Å²) in [7, 11) is 0. The van der Waals surface area contributed by atoms with Crippen molar-refractivity contribution in [2.24, 2.45) is 0 Å². The summed E-state index contributed by atoms with van der Waals surface area (Å²) in [4.78, 5) is 23.3. The second-order valence-electron chi connectivity index (χ2n) is 3.08. The summed E-state index contributed by atoms with van der Waals surface area (Å²) in [5, 5.41) is 0. The van der Waals surface area contributed by atoms with E-state index in [-0.39, 0.29) is 0 Å². The SMILES string of the molecule is CCCN(C(=O)C=O)c1ccc(Br)cc1. The van der Waals surface area contributed by atoms with Crippen LogP contribution in [0.2, 0.25) is 0 Å². The first-order chi connectivity index (χ1) is 7.19. The quantitative estimate of drug-likeness (QED) is 0.622. The van der Waals surface area contributed by atoms with E-state index >= 15 is 0 Å². The zero-order valence-electron chi connectivity index (χ0n) is 8.44. The van der Waals surface area contributed by atoms with Crippen LogP contribution in [-0.2, 0) is 9.59 Å². The lowest BCUT2D eigenvalue weighted by Crippen LogP contribution is -2.32. The number of amides is 1. The molecule has 15 heavy (non-hydrogen) atoms. The number of anilines is 1. The van der Waals surface area contributed by atoms with E-state index in [0.717, 1.165) is 16.6 Å². The number of rotatable bonds is 4. The number of benzene rings is 1. The smallest absolute Gasteiger partial charge is 0.291 e. The van der Waals surface area contributed by atoms with Gasteiger partial charge < -0.3 is 4.90 Å². The minimum Gasteiger partial charge on any atom is -0.306 e. The zero-order chi connectivity index (χ0) is 11.3. The van der Waals surface area contributed by atoms with Gasteiger partial charge in [-0.15, -0.1) is 0 Å². The lowest BCUT2D eigenvalue weighted by atomic mass is 10.2. The van der Waals surface area contributed by atoms with E-state index in [9.17, 15) is 9.59 Å². The number of aldehydes is 1. The third-order valence-corrected chi connectivity index (χ3v) is 2.48. The molecule has 0 atom stereocenters. The summed E-state index contributed by atoms with van der Waals surface area (Å²) in [6.07, 6.45) is 1.16. The van der Waals surface area contributed by atoms with Crippen LogP contribution in [0.15, 0.2) is 28.7 Å². The molecule has 0 aliphatic heterocycles. The summed E-state index contributed by atoms with van der Waals surface area (Å²) in [6, 6.07) is 7.30. The van der Waals surface area contributed by atoms with Gasteiger partial charge in [-0.05, 0) is 30.7 Å². The highest BCUT2D eigenvalue weighted by Gasteiger charge is 2.12. The van der Waals surface area contributed by atoms with E-state index in [1.54, 1.807) is 12.1 Å². The second kappa shape index (κ2) is 5.66. The largest absolute Gasteiger partial charge is 0.306 e. The number of nitrogens with zero attached hydrogens (tertiary/aromatic N) is 1. The molecule has 0 spiro atoms. The summed E-state index contributed by atoms with van der Waals surface area (Å²) < 4.78 is 0.946. The Hall–Kier alpha value is -1.16. The van der Waals surface area contributed by atoms with E-state index in [4.69, 9.17) is 0 Å². The van der Waals surface area contributed by atoms with Crippen LogP contribution in [0.4, 0.5) is 5.69 Å². The maximum absolute atomic E-state index is 11.3. The minimum atomic E-state index is -0.501. The Morgan fingerprint density at radius 2 is 2.00 bits per heavy atom. The van der Waals surface area contributed by atoms with Crippen LogP contribution in [0.3, 0.4) is 0 Å². The van der Waals surface area contributed by atoms with E-state index in [0.29, 0.717) is 12.8 Å². The molecule has 1 aromatic rings. The molecule has 0 N–H and O–H groups in total. The molecular formula is C11H12BrNO2. The van der Waals surface area contributed by atoms with Crippen molar-refractivity contribution in [2.45, 2.75) is 13.3 Å². The fraction of sp³-hybridized carbons (Fsp3) is 0.273. The van der Waals surface area contributed by atoms with Crippen LogP contribution < -0.4 is 4.90 Å². The normalized spacial score (nSPS) is 9.73. The van der Waals surface area contributed by atoms with Crippen molar-refractivity contribution in [3.63, 3.8) is 0 Å². The zero-order valence-corrected chi connectivity index (χ0v) is 10.0. The van der Waals surface area contributed by atoms with Gasteiger partial charge in [0.1, 0.15) is 0 Å². The van der Waals surface area contributed by atoms with E-state index in [2.05, 4.69) is 15.9 Å². The molecule has 1 aromatic carbocycles. The van der Waals surface area contributed by atoms with Crippen molar-refractivity contribution in [3.05, 3.63) is 28.7 Å². The van der Waals surface area contributed by atoms with Crippen molar-refractivity contribution < 1.29 is 9.59 Å². The van der Waals surface area contributed by atoms with Gasteiger partial charge in [-0.3, -0.25) is 9.59 Å². The maximum atomic E-state index is 11.3. The van der Waals surface area contributed by atoms with Crippen LogP contribution in [-0.4, -0.2) is 18.7 Å². The van der Waals surface area contributed by atoms with Gasteiger partial charge in [0.25, 0.3) is 5.91 Å². The van der Waals surface area contributed by atoms with Gasteiger partial charge in [0.15, 0.2) is 0 Å². The minimum absolute atomic E-state index is 0.345. The number of halogens is 1. The highest BCUT2D eigenvalue weighted by molar-refractivity contribution is 9.10. The van der Waals surface area contributed by atoms with Gasteiger partial charge in [-0.2, -0.15) is 0 Å². The van der Waals surface area contributed by atoms with Crippen LogP contribution in [0, 0.1) is 0 Å². The summed E-state index contributed by atoms with van der Waals surface area (Å²) in [6.45, 7) is 2.52. The van der Waals surface area contributed by atoms with Crippen molar-refractivity contribution in [3.8, 4) is 0 Å². The molecular weight excluding hydrogens is 258 g/mol.